The first-order chi connectivity index (χ1) is 15.3. The summed E-state index contributed by atoms with van der Waals surface area (Å²) in [5.74, 6) is -2.25. The number of carbonyl (C=O) groups is 2. The number of amides is 2. The highest BCUT2D eigenvalue weighted by Crippen LogP contribution is 2.36. The first-order valence-electron chi connectivity index (χ1n) is 9.10. The van der Waals surface area contributed by atoms with Crippen LogP contribution in [0, 0.1) is 6.92 Å². The zero-order chi connectivity index (χ0) is 24.6. The molecule has 2 aromatic carbocycles. The molecule has 0 radical (unpaired) electrons. The quantitative estimate of drug-likeness (QED) is 0.536. The van der Waals surface area contributed by atoms with Gasteiger partial charge in [0, 0.05) is 22.9 Å². The molecule has 0 aliphatic rings. The number of alkyl halides is 6. The van der Waals surface area contributed by atoms with Crippen LogP contribution >= 0.6 is 0 Å². The number of aromatic nitrogens is 2. The molecule has 0 saturated carbocycles. The van der Waals surface area contributed by atoms with Gasteiger partial charge in [0.25, 0.3) is 5.91 Å². The summed E-state index contributed by atoms with van der Waals surface area (Å²) in [6.07, 6.45) is -8.88. The van der Waals surface area contributed by atoms with Gasteiger partial charge in [-0.2, -0.15) is 26.3 Å². The van der Waals surface area contributed by atoms with Crippen LogP contribution in [0.5, 0.6) is 0 Å². The molecule has 1 aromatic heterocycles. The summed E-state index contributed by atoms with van der Waals surface area (Å²) in [6.45, 7) is 1.64. The van der Waals surface area contributed by atoms with E-state index in [1.54, 1.807) is 6.92 Å². The summed E-state index contributed by atoms with van der Waals surface area (Å²) in [5.41, 5.74) is 2.69. The third-order valence-electron chi connectivity index (χ3n) is 4.49. The number of nitrogens with zero attached hydrogens (tertiary/aromatic N) is 2. The van der Waals surface area contributed by atoms with Crippen LogP contribution in [0.25, 0.3) is 11.3 Å². The van der Waals surface area contributed by atoms with Crippen molar-refractivity contribution in [2.24, 2.45) is 5.73 Å². The highest BCUT2D eigenvalue weighted by atomic mass is 19.4. The second-order valence-electron chi connectivity index (χ2n) is 6.92. The number of rotatable bonds is 4. The number of carbonyl (C=O) groups excluding carboxylic acids is 2. The molecule has 0 aliphatic heterocycles. The second-order valence-corrected chi connectivity index (χ2v) is 6.92. The number of halogens is 6. The highest BCUT2D eigenvalue weighted by Gasteiger charge is 2.37. The van der Waals surface area contributed by atoms with Crippen molar-refractivity contribution in [3.8, 4) is 11.3 Å². The molecule has 3 rings (SSSR count). The van der Waals surface area contributed by atoms with Gasteiger partial charge in [-0.05, 0) is 42.8 Å². The number of primary amides is 1. The number of aryl methyl sites for hydroxylation is 1. The average Bonchev–Trinajstić information content (AvgIpc) is 2.73. The second kappa shape index (κ2) is 8.52. The largest absolute Gasteiger partial charge is 0.416 e. The number of benzene rings is 2. The van der Waals surface area contributed by atoms with E-state index in [1.807, 2.05) is 0 Å². The predicted octanol–water partition coefficient (Wildman–Crippen LogP) is 4.84. The summed E-state index contributed by atoms with van der Waals surface area (Å²) >= 11 is 0. The van der Waals surface area contributed by atoms with E-state index in [0.717, 1.165) is 0 Å². The van der Waals surface area contributed by atoms with Crippen LogP contribution < -0.4 is 11.1 Å². The molecule has 0 unspecified atom stereocenters. The van der Waals surface area contributed by atoms with E-state index in [9.17, 15) is 35.9 Å². The van der Waals surface area contributed by atoms with Gasteiger partial charge in [0.1, 0.15) is 0 Å². The van der Waals surface area contributed by atoms with Crippen molar-refractivity contribution >= 4 is 17.8 Å². The van der Waals surface area contributed by atoms with Gasteiger partial charge in [0.15, 0.2) is 0 Å². The van der Waals surface area contributed by atoms with Crippen molar-refractivity contribution in [2.75, 3.05) is 5.32 Å². The van der Waals surface area contributed by atoms with Crippen LogP contribution in [0.2, 0.25) is 0 Å². The zero-order valence-electron chi connectivity index (χ0n) is 16.7. The van der Waals surface area contributed by atoms with Gasteiger partial charge in [-0.25, -0.2) is 9.97 Å². The maximum atomic E-state index is 13.0. The maximum Gasteiger partial charge on any atom is 0.416 e. The van der Waals surface area contributed by atoms with E-state index in [1.165, 1.54) is 30.5 Å². The molecule has 2 amide bonds. The molecule has 6 nitrogen and oxygen atoms in total. The van der Waals surface area contributed by atoms with Gasteiger partial charge in [-0.1, -0.05) is 12.1 Å². The smallest absolute Gasteiger partial charge is 0.366 e. The minimum atomic E-state index is -5.10. The van der Waals surface area contributed by atoms with Crippen molar-refractivity contribution in [1.82, 2.24) is 9.97 Å². The number of nitrogens with one attached hydrogen (secondary N) is 1. The Bertz CT molecular complexity index is 1190. The van der Waals surface area contributed by atoms with Crippen molar-refractivity contribution in [3.05, 3.63) is 76.5 Å². The normalized spacial score (nSPS) is 11.8. The van der Waals surface area contributed by atoms with Crippen molar-refractivity contribution in [3.63, 3.8) is 0 Å². The molecule has 33 heavy (non-hydrogen) atoms. The Morgan fingerprint density at radius 1 is 0.879 bits per heavy atom. The zero-order valence-corrected chi connectivity index (χ0v) is 16.7. The molecule has 172 valence electrons. The number of hydrogen-bond donors (Lipinski definition) is 2. The minimum Gasteiger partial charge on any atom is -0.366 e. The van der Waals surface area contributed by atoms with Gasteiger partial charge >= 0.3 is 12.4 Å². The molecule has 0 fully saturated rings. The Morgan fingerprint density at radius 2 is 1.42 bits per heavy atom. The summed E-state index contributed by atoms with van der Waals surface area (Å²) in [6, 6.07) is 6.49. The van der Waals surface area contributed by atoms with Gasteiger partial charge < -0.3 is 5.73 Å². The average molecular weight is 468 g/mol. The third kappa shape index (κ3) is 5.45. The SMILES string of the molecule is Cc1cnc(NC(=O)c2cc(C(F)(F)F)cc(C(F)(F)F)c2)nc1-c1ccc(C(N)=O)cc1. The van der Waals surface area contributed by atoms with Gasteiger partial charge in [0.05, 0.1) is 16.8 Å². The molecule has 0 spiro atoms. The molecular formula is C21H14F6N4O2. The topological polar surface area (TPSA) is 98.0 Å². The molecule has 0 atom stereocenters. The van der Waals surface area contributed by atoms with E-state index >= 15 is 0 Å². The van der Waals surface area contributed by atoms with Gasteiger partial charge in [-0.15, -0.1) is 0 Å². The van der Waals surface area contributed by atoms with E-state index in [0.29, 0.717) is 29.0 Å². The van der Waals surface area contributed by atoms with E-state index < -0.39 is 40.9 Å². The fourth-order valence-electron chi connectivity index (χ4n) is 2.85. The van der Waals surface area contributed by atoms with Crippen LogP contribution in [-0.4, -0.2) is 21.8 Å². The molecule has 0 aliphatic carbocycles. The van der Waals surface area contributed by atoms with E-state index in [-0.39, 0.29) is 17.6 Å². The monoisotopic (exact) mass is 468 g/mol. The van der Waals surface area contributed by atoms with Crippen molar-refractivity contribution < 1.29 is 35.9 Å². The molecule has 3 N–H and O–H groups in total. The first kappa shape index (κ1) is 23.7. The Balaban J connectivity index is 1.95. The minimum absolute atomic E-state index is 0.0764. The lowest BCUT2D eigenvalue weighted by Gasteiger charge is -2.14. The number of hydrogen-bond acceptors (Lipinski definition) is 4. The fraction of sp³-hybridized carbons (Fsp3) is 0.143. The lowest BCUT2D eigenvalue weighted by molar-refractivity contribution is -0.143. The maximum absolute atomic E-state index is 13.0. The van der Waals surface area contributed by atoms with E-state index in [4.69, 9.17) is 5.73 Å². The van der Waals surface area contributed by atoms with Crippen LogP contribution in [0.15, 0.2) is 48.7 Å². The molecule has 0 bridgehead atoms. The van der Waals surface area contributed by atoms with E-state index in [2.05, 4.69) is 15.3 Å². The van der Waals surface area contributed by atoms with Crippen LogP contribution in [0.3, 0.4) is 0 Å². The molecule has 12 heteroatoms. The first-order valence-corrected chi connectivity index (χ1v) is 9.10. The summed E-state index contributed by atoms with van der Waals surface area (Å²) in [7, 11) is 0. The Hall–Kier alpha value is -3.96. The summed E-state index contributed by atoms with van der Waals surface area (Å²) < 4.78 is 78.2. The standard InChI is InChI=1S/C21H14F6N4O2/c1-10-9-29-19(30-16(10)11-2-4-12(5-3-11)17(28)32)31-18(33)13-6-14(20(22,23)24)8-15(7-13)21(25,26)27/h2-9H,1H3,(H2,28,32)(H,29,30,31,33). The van der Waals surface area contributed by atoms with Gasteiger partial charge in [-0.3, -0.25) is 14.9 Å². The predicted molar refractivity (Wildman–Crippen MR) is 105 cm³/mol. The molecule has 0 saturated heterocycles. The molecule has 1 heterocycles. The van der Waals surface area contributed by atoms with Crippen LogP contribution in [-0.2, 0) is 12.4 Å². The molecule has 3 aromatic rings. The Kier molecular flexibility index (Phi) is 6.12. The fourth-order valence-corrected chi connectivity index (χ4v) is 2.85. The summed E-state index contributed by atoms with van der Waals surface area (Å²) in [4.78, 5) is 31.6. The lowest BCUT2D eigenvalue weighted by Crippen LogP contribution is -2.18. The van der Waals surface area contributed by atoms with Crippen molar-refractivity contribution in [2.45, 2.75) is 19.3 Å². The van der Waals surface area contributed by atoms with Crippen molar-refractivity contribution in [1.29, 1.82) is 0 Å². The highest BCUT2D eigenvalue weighted by molar-refractivity contribution is 6.03. The lowest BCUT2D eigenvalue weighted by atomic mass is 10.0. The van der Waals surface area contributed by atoms with Gasteiger partial charge in [0.2, 0.25) is 11.9 Å². The summed E-state index contributed by atoms with van der Waals surface area (Å²) in [5, 5.41) is 2.11. The number of nitrogens with two attached hydrogens (primary N) is 1. The van der Waals surface area contributed by atoms with Crippen LogP contribution in [0.1, 0.15) is 37.4 Å². The number of anilines is 1. The Labute approximate surface area is 182 Å². The Morgan fingerprint density at radius 3 is 1.91 bits per heavy atom. The third-order valence-corrected chi connectivity index (χ3v) is 4.49. The molecular weight excluding hydrogens is 454 g/mol. The van der Waals surface area contributed by atoms with Crippen LogP contribution in [0.4, 0.5) is 32.3 Å².